The van der Waals surface area contributed by atoms with Crippen LogP contribution >= 0.6 is 23.1 Å². The highest BCUT2D eigenvalue weighted by molar-refractivity contribution is 8.00. The van der Waals surface area contributed by atoms with Crippen molar-refractivity contribution in [2.24, 2.45) is 7.05 Å². The van der Waals surface area contributed by atoms with Crippen molar-refractivity contribution in [1.82, 2.24) is 9.55 Å². The molecule has 2 heterocycles. The van der Waals surface area contributed by atoms with Crippen LogP contribution in [0.2, 0.25) is 0 Å². The van der Waals surface area contributed by atoms with E-state index in [1.165, 1.54) is 34.6 Å². The van der Waals surface area contributed by atoms with Gasteiger partial charge >= 0.3 is 0 Å². The van der Waals surface area contributed by atoms with Gasteiger partial charge < -0.3 is 5.32 Å². The summed E-state index contributed by atoms with van der Waals surface area (Å²) in [6.07, 6.45) is 0. The number of thiophene rings is 1. The molecule has 0 saturated heterocycles. The highest BCUT2D eigenvalue weighted by atomic mass is 32.2. The molecule has 1 amide bonds. The minimum atomic E-state index is -0.495. The molecule has 3 aromatic rings. The number of para-hydroxylation sites is 1. The van der Waals surface area contributed by atoms with E-state index in [0.29, 0.717) is 26.6 Å². The van der Waals surface area contributed by atoms with E-state index in [1.54, 1.807) is 44.3 Å². The number of anilines is 1. The van der Waals surface area contributed by atoms with E-state index < -0.39 is 5.25 Å². The number of hydrogen-bond acceptors (Lipinski definition) is 6. The van der Waals surface area contributed by atoms with Gasteiger partial charge in [-0.05, 0) is 37.4 Å². The standard InChI is InChI=1S/C18H17N3O3S2/c1-10(22)12-6-4-5-7-14(12)19-15(23)11(2)26-18-20-16-13(8-9-25-16)17(24)21(18)3/h4-9,11H,1-3H3,(H,19,23). The Morgan fingerprint density at radius 1 is 1.27 bits per heavy atom. The summed E-state index contributed by atoms with van der Waals surface area (Å²) in [5.74, 6) is -0.377. The van der Waals surface area contributed by atoms with Crippen molar-refractivity contribution in [1.29, 1.82) is 0 Å². The third-order valence-electron chi connectivity index (χ3n) is 3.88. The molecule has 3 rings (SSSR count). The molecule has 0 aliphatic rings. The molecule has 1 unspecified atom stereocenters. The molecule has 0 saturated carbocycles. The Kier molecular flexibility index (Phi) is 5.24. The molecule has 26 heavy (non-hydrogen) atoms. The van der Waals surface area contributed by atoms with Crippen molar-refractivity contribution in [2.45, 2.75) is 24.3 Å². The van der Waals surface area contributed by atoms with E-state index >= 15 is 0 Å². The molecule has 6 nitrogen and oxygen atoms in total. The third-order valence-corrected chi connectivity index (χ3v) is 5.83. The number of nitrogens with zero attached hydrogens (tertiary/aromatic N) is 2. The molecule has 134 valence electrons. The minimum Gasteiger partial charge on any atom is -0.324 e. The number of thioether (sulfide) groups is 1. The molecule has 0 aliphatic carbocycles. The molecule has 2 aromatic heterocycles. The van der Waals surface area contributed by atoms with Crippen LogP contribution < -0.4 is 10.9 Å². The van der Waals surface area contributed by atoms with Gasteiger partial charge in [0.1, 0.15) is 4.83 Å². The van der Waals surface area contributed by atoms with Crippen LogP contribution in [0, 0.1) is 0 Å². The molecule has 1 aromatic carbocycles. The summed E-state index contributed by atoms with van der Waals surface area (Å²) in [5, 5.41) is 5.17. The molecule has 0 radical (unpaired) electrons. The number of Topliss-reactive ketones (excluding diaryl/α,β-unsaturated/α-hetero) is 1. The summed E-state index contributed by atoms with van der Waals surface area (Å²) in [4.78, 5) is 41.7. The van der Waals surface area contributed by atoms with Crippen molar-refractivity contribution in [3.05, 3.63) is 51.6 Å². The molecular weight excluding hydrogens is 370 g/mol. The van der Waals surface area contributed by atoms with Gasteiger partial charge in [-0.2, -0.15) is 0 Å². The van der Waals surface area contributed by atoms with Gasteiger partial charge in [-0.3, -0.25) is 19.0 Å². The Morgan fingerprint density at radius 2 is 2.00 bits per heavy atom. The highest BCUT2D eigenvalue weighted by Crippen LogP contribution is 2.25. The van der Waals surface area contributed by atoms with Gasteiger partial charge in [0.05, 0.1) is 16.3 Å². The predicted molar refractivity (Wildman–Crippen MR) is 105 cm³/mol. The van der Waals surface area contributed by atoms with Crippen LogP contribution in [0.25, 0.3) is 10.2 Å². The van der Waals surface area contributed by atoms with Crippen LogP contribution in [0.5, 0.6) is 0 Å². The van der Waals surface area contributed by atoms with Crippen molar-refractivity contribution in [3.63, 3.8) is 0 Å². The van der Waals surface area contributed by atoms with Crippen LogP contribution in [-0.2, 0) is 11.8 Å². The minimum absolute atomic E-state index is 0.117. The van der Waals surface area contributed by atoms with E-state index in [0.717, 1.165) is 0 Å². The first-order chi connectivity index (χ1) is 12.4. The Bertz CT molecular complexity index is 1060. The first kappa shape index (κ1) is 18.3. The third kappa shape index (κ3) is 3.56. The Morgan fingerprint density at radius 3 is 2.73 bits per heavy atom. The first-order valence-electron chi connectivity index (χ1n) is 7.90. The van der Waals surface area contributed by atoms with Crippen molar-refractivity contribution in [2.75, 3.05) is 5.32 Å². The lowest BCUT2D eigenvalue weighted by Crippen LogP contribution is -2.26. The number of benzene rings is 1. The second-order valence-corrected chi connectivity index (χ2v) is 7.95. The summed E-state index contributed by atoms with van der Waals surface area (Å²) in [6, 6.07) is 8.62. The van der Waals surface area contributed by atoms with E-state index in [4.69, 9.17) is 0 Å². The fourth-order valence-electron chi connectivity index (χ4n) is 2.43. The zero-order valence-corrected chi connectivity index (χ0v) is 16.1. The zero-order chi connectivity index (χ0) is 18.8. The lowest BCUT2D eigenvalue weighted by Gasteiger charge is -2.14. The maximum atomic E-state index is 12.5. The van der Waals surface area contributed by atoms with Crippen molar-refractivity contribution >= 4 is 50.7 Å². The van der Waals surface area contributed by atoms with Crippen LogP contribution in [0.15, 0.2) is 45.7 Å². The molecule has 8 heteroatoms. The number of hydrogen-bond donors (Lipinski definition) is 1. The van der Waals surface area contributed by atoms with Gasteiger partial charge in [0.15, 0.2) is 10.9 Å². The van der Waals surface area contributed by atoms with Gasteiger partial charge in [-0.15, -0.1) is 11.3 Å². The van der Waals surface area contributed by atoms with Crippen LogP contribution in [0.4, 0.5) is 5.69 Å². The topological polar surface area (TPSA) is 81.1 Å². The largest absolute Gasteiger partial charge is 0.324 e. The van der Waals surface area contributed by atoms with E-state index in [1.807, 2.05) is 5.38 Å². The van der Waals surface area contributed by atoms with Crippen LogP contribution in [0.1, 0.15) is 24.2 Å². The highest BCUT2D eigenvalue weighted by Gasteiger charge is 2.20. The molecule has 0 aliphatic heterocycles. The zero-order valence-electron chi connectivity index (χ0n) is 14.5. The summed E-state index contributed by atoms with van der Waals surface area (Å²) in [7, 11) is 1.64. The molecule has 0 spiro atoms. The SMILES string of the molecule is CC(=O)c1ccccc1NC(=O)C(C)Sc1nc2sccc2c(=O)n1C. The van der Waals surface area contributed by atoms with E-state index in [2.05, 4.69) is 10.3 Å². The maximum Gasteiger partial charge on any atom is 0.262 e. The average Bonchev–Trinajstić information content (AvgIpc) is 3.08. The monoisotopic (exact) mass is 387 g/mol. The average molecular weight is 387 g/mol. The van der Waals surface area contributed by atoms with Gasteiger partial charge in [0.25, 0.3) is 5.56 Å². The Hall–Kier alpha value is -2.45. The van der Waals surface area contributed by atoms with Gasteiger partial charge in [-0.25, -0.2) is 4.98 Å². The first-order valence-corrected chi connectivity index (χ1v) is 9.66. The van der Waals surface area contributed by atoms with Crippen LogP contribution in [0.3, 0.4) is 0 Å². The van der Waals surface area contributed by atoms with E-state index in [-0.39, 0.29) is 17.2 Å². The number of rotatable bonds is 5. The lowest BCUT2D eigenvalue weighted by molar-refractivity contribution is -0.115. The molecule has 0 bridgehead atoms. The number of carbonyl (C=O) groups is 2. The smallest absolute Gasteiger partial charge is 0.262 e. The van der Waals surface area contributed by atoms with Crippen LogP contribution in [-0.4, -0.2) is 26.5 Å². The fraction of sp³-hybridized carbons (Fsp3) is 0.222. The number of aromatic nitrogens is 2. The number of ketones is 1. The lowest BCUT2D eigenvalue weighted by atomic mass is 10.1. The Labute approximate surface area is 158 Å². The predicted octanol–water partition coefficient (Wildman–Crippen LogP) is 3.32. The number of nitrogens with one attached hydrogen (secondary N) is 1. The number of carbonyl (C=O) groups excluding carboxylic acids is 2. The van der Waals surface area contributed by atoms with Crippen molar-refractivity contribution in [3.8, 4) is 0 Å². The molecule has 1 N–H and O–H groups in total. The Balaban J connectivity index is 1.81. The summed E-state index contributed by atoms with van der Waals surface area (Å²) < 4.78 is 1.45. The molecule has 0 fully saturated rings. The second-order valence-electron chi connectivity index (χ2n) is 5.75. The van der Waals surface area contributed by atoms with Gasteiger partial charge in [-0.1, -0.05) is 23.9 Å². The quantitative estimate of drug-likeness (QED) is 0.413. The number of amides is 1. The normalized spacial score (nSPS) is 12.1. The second kappa shape index (κ2) is 7.43. The molecule has 1 atom stereocenters. The van der Waals surface area contributed by atoms with Gasteiger partial charge in [0, 0.05) is 12.6 Å². The molecular formula is C18H17N3O3S2. The fourth-order valence-corrected chi connectivity index (χ4v) is 4.11. The maximum absolute atomic E-state index is 12.5. The number of fused-ring (bicyclic) bond motifs is 1. The van der Waals surface area contributed by atoms with E-state index in [9.17, 15) is 14.4 Å². The van der Waals surface area contributed by atoms with Crippen molar-refractivity contribution < 1.29 is 9.59 Å². The summed E-state index contributed by atoms with van der Waals surface area (Å²) in [6.45, 7) is 3.19. The summed E-state index contributed by atoms with van der Waals surface area (Å²) >= 11 is 2.60. The van der Waals surface area contributed by atoms with Gasteiger partial charge in [0.2, 0.25) is 5.91 Å². The summed E-state index contributed by atoms with van der Waals surface area (Å²) in [5.41, 5.74) is 0.810.